The molecule has 0 spiro atoms. The van der Waals surface area contributed by atoms with Crippen LogP contribution in [0, 0.1) is 0 Å². The molecule has 1 aliphatic heterocycles. The van der Waals surface area contributed by atoms with Crippen LogP contribution in [0.3, 0.4) is 0 Å². The molecular formula is C16H14BrN3O4S. The van der Waals surface area contributed by atoms with E-state index >= 15 is 0 Å². The Morgan fingerprint density at radius 3 is 2.68 bits per heavy atom. The van der Waals surface area contributed by atoms with E-state index in [0.29, 0.717) is 22.6 Å². The molecule has 2 aromatic carbocycles. The molecule has 0 radical (unpaired) electrons. The van der Waals surface area contributed by atoms with Gasteiger partial charge in [0.1, 0.15) is 4.90 Å². The predicted octanol–water partition coefficient (Wildman–Crippen LogP) is 2.54. The first-order chi connectivity index (χ1) is 12.0. The zero-order chi connectivity index (χ0) is 18.0. The number of benzene rings is 2. The van der Waals surface area contributed by atoms with Crippen molar-refractivity contribution < 1.29 is 17.9 Å². The molecule has 0 aliphatic carbocycles. The third-order valence-electron chi connectivity index (χ3n) is 3.48. The average Bonchev–Trinajstić information content (AvgIpc) is 2.85. The van der Waals surface area contributed by atoms with Crippen molar-refractivity contribution in [1.29, 1.82) is 0 Å². The molecule has 0 saturated carbocycles. The molecule has 1 aliphatic rings. The number of hydrazone groups is 1. The van der Waals surface area contributed by atoms with Crippen molar-refractivity contribution in [3.8, 4) is 11.5 Å². The number of fused-ring (bicyclic) bond motifs is 1. The first kappa shape index (κ1) is 17.4. The first-order valence-electron chi connectivity index (χ1n) is 7.11. The van der Waals surface area contributed by atoms with Crippen molar-refractivity contribution in [2.24, 2.45) is 9.50 Å². The summed E-state index contributed by atoms with van der Waals surface area (Å²) in [7, 11) is -0.612. The molecule has 0 fully saturated rings. The van der Waals surface area contributed by atoms with E-state index in [4.69, 9.17) is 9.47 Å². The van der Waals surface area contributed by atoms with Crippen LogP contribution >= 0.6 is 15.9 Å². The number of rotatable bonds is 4. The maximum atomic E-state index is 12.0. The number of hydrogen-bond acceptors (Lipinski definition) is 6. The van der Waals surface area contributed by atoms with Gasteiger partial charge in [-0.05, 0) is 24.3 Å². The van der Waals surface area contributed by atoms with E-state index in [-0.39, 0.29) is 10.7 Å². The summed E-state index contributed by atoms with van der Waals surface area (Å²) in [5.74, 6) is 1.23. The molecule has 0 bridgehead atoms. The lowest BCUT2D eigenvalue weighted by Crippen LogP contribution is -2.17. The van der Waals surface area contributed by atoms with Gasteiger partial charge in [0.25, 0.3) is 10.0 Å². The van der Waals surface area contributed by atoms with Crippen LogP contribution < -0.4 is 14.9 Å². The van der Waals surface area contributed by atoms with Crippen molar-refractivity contribution in [1.82, 2.24) is 5.43 Å². The molecular weight excluding hydrogens is 410 g/mol. The SMILES string of the molecule is COc1cc(Br)cc(/C=N\NC2=NS(=O)(=O)c3ccccc32)c1OC. The zero-order valence-corrected chi connectivity index (χ0v) is 15.8. The summed E-state index contributed by atoms with van der Waals surface area (Å²) in [5.41, 5.74) is 3.81. The minimum Gasteiger partial charge on any atom is -0.493 e. The highest BCUT2D eigenvalue weighted by atomic mass is 79.9. The van der Waals surface area contributed by atoms with Crippen LogP contribution in [0.25, 0.3) is 0 Å². The topological polar surface area (TPSA) is 89.4 Å². The van der Waals surface area contributed by atoms with Crippen molar-refractivity contribution >= 4 is 38.0 Å². The van der Waals surface area contributed by atoms with Gasteiger partial charge in [0.15, 0.2) is 17.3 Å². The number of amidine groups is 1. The van der Waals surface area contributed by atoms with Gasteiger partial charge in [0.05, 0.1) is 20.4 Å². The second kappa shape index (κ2) is 6.85. The fourth-order valence-electron chi connectivity index (χ4n) is 2.40. The van der Waals surface area contributed by atoms with Gasteiger partial charge in [0, 0.05) is 15.6 Å². The van der Waals surface area contributed by atoms with Crippen LogP contribution in [0.5, 0.6) is 11.5 Å². The molecule has 25 heavy (non-hydrogen) atoms. The number of methoxy groups -OCH3 is 2. The Labute approximate surface area is 153 Å². The van der Waals surface area contributed by atoms with E-state index in [2.05, 4.69) is 30.9 Å². The highest BCUT2D eigenvalue weighted by molar-refractivity contribution is 9.10. The number of nitrogens with one attached hydrogen (secondary N) is 1. The number of nitrogens with zero attached hydrogens (tertiary/aromatic N) is 2. The van der Waals surface area contributed by atoms with Gasteiger partial charge in [-0.1, -0.05) is 28.1 Å². The minimum absolute atomic E-state index is 0.161. The molecule has 0 amide bonds. The molecule has 1 N–H and O–H groups in total. The normalized spacial score (nSPS) is 14.9. The third kappa shape index (κ3) is 3.38. The summed E-state index contributed by atoms with van der Waals surface area (Å²) in [4.78, 5) is 0.161. The zero-order valence-electron chi connectivity index (χ0n) is 13.4. The lowest BCUT2D eigenvalue weighted by Gasteiger charge is -2.10. The van der Waals surface area contributed by atoms with Gasteiger partial charge < -0.3 is 9.47 Å². The van der Waals surface area contributed by atoms with E-state index in [1.165, 1.54) is 19.4 Å². The summed E-state index contributed by atoms with van der Waals surface area (Å²) in [6, 6.07) is 10.1. The molecule has 130 valence electrons. The van der Waals surface area contributed by atoms with E-state index < -0.39 is 10.0 Å². The van der Waals surface area contributed by atoms with Gasteiger partial charge >= 0.3 is 0 Å². The van der Waals surface area contributed by atoms with Crippen molar-refractivity contribution in [2.75, 3.05) is 14.2 Å². The maximum absolute atomic E-state index is 12.0. The molecule has 0 atom stereocenters. The van der Waals surface area contributed by atoms with Crippen LogP contribution in [0.1, 0.15) is 11.1 Å². The number of sulfonamides is 1. The molecule has 0 unspecified atom stereocenters. The Kier molecular flexibility index (Phi) is 4.78. The Morgan fingerprint density at radius 1 is 1.20 bits per heavy atom. The van der Waals surface area contributed by atoms with Crippen LogP contribution in [0.2, 0.25) is 0 Å². The first-order valence-corrected chi connectivity index (χ1v) is 9.34. The monoisotopic (exact) mass is 423 g/mol. The van der Waals surface area contributed by atoms with Gasteiger partial charge in [0.2, 0.25) is 0 Å². The lowest BCUT2D eigenvalue weighted by atomic mass is 10.2. The lowest BCUT2D eigenvalue weighted by molar-refractivity contribution is 0.354. The Hall–Kier alpha value is -2.39. The summed E-state index contributed by atoms with van der Waals surface area (Å²) >= 11 is 3.39. The summed E-state index contributed by atoms with van der Waals surface area (Å²) < 4.78 is 39.1. The smallest absolute Gasteiger partial charge is 0.285 e. The number of halogens is 1. The fraction of sp³-hybridized carbons (Fsp3) is 0.125. The molecule has 0 aromatic heterocycles. The third-order valence-corrected chi connectivity index (χ3v) is 5.27. The number of hydrogen-bond donors (Lipinski definition) is 1. The van der Waals surface area contributed by atoms with Crippen molar-refractivity contribution in [2.45, 2.75) is 4.90 Å². The second-order valence-corrected chi connectivity index (χ2v) is 7.50. The Morgan fingerprint density at radius 2 is 1.96 bits per heavy atom. The maximum Gasteiger partial charge on any atom is 0.285 e. The van der Waals surface area contributed by atoms with Crippen molar-refractivity contribution in [3.05, 3.63) is 52.0 Å². The summed E-state index contributed by atoms with van der Waals surface area (Å²) in [6.45, 7) is 0. The summed E-state index contributed by atoms with van der Waals surface area (Å²) in [6.07, 6.45) is 1.50. The van der Waals surface area contributed by atoms with E-state index in [1.807, 2.05) is 0 Å². The molecule has 9 heteroatoms. The van der Waals surface area contributed by atoms with E-state index in [0.717, 1.165) is 4.47 Å². The molecule has 0 saturated heterocycles. The van der Waals surface area contributed by atoms with E-state index in [9.17, 15) is 8.42 Å². The van der Waals surface area contributed by atoms with Gasteiger partial charge in [-0.2, -0.15) is 13.5 Å². The van der Waals surface area contributed by atoms with Crippen LogP contribution in [0.15, 0.2) is 55.3 Å². The highest BCUT2D eigenvalue weighted by Gasteiger charge is 2.28. The summed E-state index contributed by atoms with van der Waals surface area (Å²) in [5, 5.41) is 4.09. The van der Waals surface area contributed by atoms with Crippen LogP contribution in [-0.4, -0.2) is 34.7 Å². The molecule has 3 rings (SSSR count). The van der Waals surface area contributed by atoms with Gasteiger partial charge in [-0.3, -0.25) is 5.43 Å². The quantitative estimate of drug-likeness (QED) is 0.602. The predicted molar refractivity (Wildman–Crippen MR) is 98.1 cm³/mol. The minimum atomic E-state index is -3.68. The van der Waals surface area contributed by atoms with E-state index in [1.54, 1.807) is 37.4 Å². The molecule has 1 heterocycles. The largest absolute Gasteiger partial charge is 0.493 e. The Bertz CT molecular complexity index is 987. The molecule has 7 nitrogen and oxygen atoms in total. The highest BCUT2D eigenvalue weighted by Crippen LogP contribution is 2.33. The van der Waals surface area contributed by atoms with Crippen molar-refractivity contribution in [3.63, 3.8) is 0 Å². The van der Waals surface area contributed by atoms with Crippen LogP contribution in [-0.2, 0) is 10.0 Å². The fourth-order valence-corrected chi connectivity index (χ4v) is 4.03. The Balaban J connectivity index is 1.90. The average molecular weight is 424 g/mol. The van der Waals surface area contributed by atoms with Gasteiger partial charge in [-0.25, -0.2) is 0 Å². The van der Waals surface area contributed by atoms with Gasteiger partial charge in [-0.15, -0.1) is 4.40 Å². The standard InChI is InChI=1S/C16H14BrN3O4S/c1-23-13-8-11(17)7-10(15(13)24-2)9-18-19-16-12-5-3-4-6-14(12)25(21,22)20-16/h3-9H,1-2H3,(H,19,20)/b18-9-. The second-order valence-electron chi connectivity index (χ2n) is 5.01. The van der Waals surface area contributed by atoms with Crippen LogP contribution in [0.4, 0.5) is 0 Å². The molecule has 2 aromatic rings. The number of ether oxygens (including phenoxy) is 2.